The summed E-state index contributed by atoms with van der Waals surface area (Å²) >= 11 is 0. The van der Waals surface area contributed by atoms with Crippen LogP contribution in [0.3, 0.4) is 0 Å². The largest absolute Gasteiger partial charge is 0.423 e. The van der Waals surface area contributed by atoms with Gasteiger partial charge in [-0.3, -0.25) is 0 Å². The molecular formula is C8H10F4O. The smallest absolute Gasteiger partial charge is 0.303 e. The van der Waals surface area contributed by atoms with Gasteiger partial charge in [-0.1, -0.05) is 6.42 Å². The van der Waals surface area contributed by atoms with Gasteiger partial charge in [-0.25, -0.2) is 4.39 Å². The van der Waals surface area contributed by atoms with E-state index in [2.05, 4.69) is 0 Å². The topological polar surface area (TPSA) is 17.1 Å². The van der Waals surface area contributed by atoms with Crippen LogP contribution in [-0.4, -0.2) is 18.1 Å². The highest BCUT2D eigenvalue weighted by atomic mass is 19.4. The molecule has 1 aliphatic rings. The van der Waals surface area contributed by atoms with E-state index in [9.17, 15) is 22.4 Å². The van der Waals surface area contributed by atoms with Crippen molar-refractivity contribution in [3.05, 3.63) is 0 Å². The normalized spacial score (nSPS) is 35.8. The molecule has 13 heavy (non-hydrogen) atoms. The molecule has 0 aromatic heterocycles. The molecule has 0 aliphatic heterocycles. The zero-order valence-corrected chi connectivity index (χ0v) is 6.90. The molecule has 0 aromatic carbocycles. The van der Waals surface area contributed by atoms with Gasteiger partial charge in [-0.05, 0) is 19.3 Å². The summed E-state index contributed by atoms with van der Waals surface area (Å²) < 4.78 is 50.1. The Balaban J connectivity index is 2.89. The zero-order valence-electron chi connectivity index (χ0n) is 6.90. The van der Waals surface area contributed by atoms with Crippen molar-refractivity contribution < 1.29 is 22.4 Å². The minimum absolute atomic E-state index is 0.000486. The fourth-order valence-corrected chi connectivity index (χ4v) is 1.69. The van der Waals surface area contributed by atoms with E-state index in [4.69, 9.17) is 0 Å². The van der Waals surface area contributed by atoms with Crippen LogP contribution in [0.1, 0.15) is 25.7 Å². The molecule has 0 saturated heterocycles. The number of rotatable bonds is 1. The third-order valence-corrected chi connectivity index (χ3v) is 2.53. The second-order valence-electron chi connectivity index (χ2n) is 3.35. The summed E-state index contributed by atoms with van der Waals surface area (Å²) in [4.78, 5) is 10.3. The van der Waals surface area contributed by atoms with Crippen LogP contribution < -0.4 is 0 Å². The molecule has 0 bridgehead atoms. The minimum Gasteiger partial charge on any atom is -0.303 e. The second kappa shape index (κ2) is 3.27. The van der Waals surface area contributed by atoms with E-state index in [0.717, 1.165) is 0 Å². The molecule has 0 spiro atoms. The number of hydrogen-bond acceptors (Lipinski definition) is 1. The number of carbonyl (C=O) groups excluding carboxylic acids is 1. The van der Waals surface area contributed by atoms with Gasteiger partial charge < -0.3 is 4.79 Å². The van der Waals surface area contributed by atoms with Crippen LogP contribution in [0.15, 0.2) is 0 Å². The van der Waals surface area contributed by atoms with Gasteiger partial charge in [-0.15, -0.1) is 0 Å². The summed E-state index contributed by atoms with van der Waals surface area (Å²) in [5.74, 6) is -1.51. The lowest BCUT2D eigenvalue weighted by atomic mass is 9.77. The van der Waals surface area contributed by atoms with Crippen molar-refractivity contribution in [1.82, 2.24) is 0 Å². The Morgan fingerprint density at radius 2 is 1.92 bits per heavy atom. The van der Waals surface area contributed by atoms with Crippen molar-refractivity contribution in [2.75, 3.05) is 0 Å². The van der Waals surface area contributed by atoms with Crippen molar-refractivity contribution in [3.63, 3.8) is 0 Å². The quantitative estimate of drug-likeness (QED) is 0.467. The summed E-state index contributed by atoms with van der Waals surface area (Å²) in [6.45, 7) is 0. The van der Waals surface area contributed by atoms with Gasteiger partial charge >= 0.3 is 6.18 Å². The maximum Gasteiger partial charge on any atom is 0.423 e. The Kier molecular flexibility index (Phi) is 2.63. The SMILES string of the molecule is O=CC1CCCCC1(F)C(F)(F)F. The maximum absolute atomic E-state index is 13.4. The van der Waals surface area contributed by atoms with E-state index in [-0.39, 0.29) is 19.1 Å². The molecular weight excluding hydrogens is 188 g/mol. The third kappa shape index (κ3) is 1.69. The van der Waals surface area contributed by atoms with E-state index in [1.165, 1.54) is 0 Å². The minimum atomic E-state index is -4.92. The summed E-state index contributed by atoms with van der Waals surface area (Å²) in [6.07, 6.45) is -4.73. The van der Waals surface area contributed by atoms with E-state index in [0.29, 0.717) is 6.42 Å². The fraction of sp³-hybridized carbons (Fsp3) is 0.875. The van der Waals surface area contributed by atoms with Gasteiger partial charge in [-0.2, -0.15) is 13.2 Å². The molecule has 1 rings (SSSR count). The van der Waals surface area contributed by atoms with Crippen LogP contribution in [0.5, 0.6) is 0 Å². The predicted octanol–water partition coefficient (Wildman–Crippen LogP) is 2.65. The summed E-state index contributed by atoms with van der Waals surface area (Å²) in [5.41, 5.74) is -3.28. The Hall–Kier alpha value is -0.610. The zero-order chi connectivity index (χ0) is 10.1. The second-order valence-corrected chi connectivity index (χ2v) is 3.35. The van der Waals surface area contributed by atoms with Gasteiger partial charge in [0.1, 0.15) is 6.29 Å². The van der Waals surface area contributed by atoms with Gasteiger partial charge in [0.2, 0.25) is 5.67 Å². The number of halogens is 4. The lowest BCUT2D eigenvalue weighted by Gasteiger charge is -2.35. The van der Waals surface area contributed by atoms with Gasteiger partial charge in [0.15, 0.2) is 0 Å². The van der Waals surface area contributed by atoms with E-state index >= 15 is 0 Å². The van der Waals surface area contributed by atoms with Crippen LogP contribution in [0.2, 0.25) is 0 Å². The molecule has 0 amide bonds. The van der Waals surface area contributed by atoms with Crippen molar-refractivity contribution in [2.24, 2.45) is 5.92 Å². The Bertz CT molecular complexity index is 201. The van der Waals surface area contributed by atoms with Crippen molar-refractivity contribution in [2.45, 2.75) is 37.5 Å². The van der Waals surface area contributed by atoms with Crippen molar-refractivity contribution in [3.8, 4) is 0 Å². The average molecular weight is 198 g/mol. The highest BCUT2D eigenvalue weighted by molar-refractivity contribution is 5.56. The highest BCUT2D eigenvalue weighted by Crippen LogP contribution is 2.47. The van der Waals surface area contributed by atoms with Crippen LogP contribution in [0.25, 0.3) is 0 Å². The lowest BCUT2D eigenvalue weighted by molar-refractivity contribution is -0.252. The molecule has 0 radical (unpaired) electrons. The molecule has 1 aliphatic carbocycles. The summed E-state index contributed by atoms with van der Waals surface area (Å²) in [7, 11) is 0. The third-order valence-electron chi connectivity index (χ3n) is 2.53. The van der Waals surface area contributed by atoms with Gasteiger partial charge in [0, 0.05) is 0 Å². The monoisotopic (exact) mass is 198 g/mol. The number of aldehydes is 1. The predicted molar refractivity (Wildman–Crippen MR) is 37.9 cm³/mol. The first-order valence-electron chi connectivity index (χ1n) is 4.13. The average Bonchev–Trinajstić information content (AvgIpc) is 2.03. The Morgan fingerprint density at radius 3 is 2.31 bits per heavy atom. The highest BCUT2D eigenvalue weighted by Gasteiger charge is 2.60. The molecule has 0 aromatic rings. The van der Waals surface area contributed by atoms with Crippen molar-refractivity contribution in [1.29, 1.82) is 0 Å². The van der Waals surface area contributed by atoms with Gasteiger partial charge in [0.05, 0.1) is 5.92 Å². The van der Waals surface area contributed by atoms with Crippen molar-refractivity contribution >= 4 is 6.29 Å². The molecule has 2 unspecified atom stereocenters. The van der Waals surface area contributed by atoms with Crippen LogP contribution in [-0.2, 0) is 4.79 Å². The van der Waals surface area contributed by atoms with Gasteiger partial charge in [0.25, 0.3) is 0 Å². The lowest BCUT2D eigenvalue weighted by Crippen LogP contribution is -2.49. The first-order valence-corrected chi connectivity index (χ1v) is 4.13. The van der Waals surface area contributed by atoms with E-state index in [1.807, 2.05) is 0 Å². The first kappa shape index (κ1) is 10.5. The molecule has 0 N–H and O–H groups in total. The van der Waals surface area contributed by atoms with E-state index < -0.39 is 24.2 Å². The number of alkyl halides is 4. The molecule has 2 atom stereocenters. The number of carbonyl (C=O) groups is 1. The van der Waals surface area contributed by atoms with Crippen LogP contribution >= 0.6 is 0 Å². The van der Waals surface area contributed by atoms with Crippen LogP contribution in [0.4, 0.5) is 17.6 Å². The Labute approximate surface area is 73.1 Å². The molecule has 5 heteroatoms. The van der Waals surface area contributed by atoms with E-state index in [1.54, 1.807) is 0 Å². The standard InChI is InChI=1S/C8H10F4O/c9-7(8(10,11)12)4-2-1-3-6(7)5-13/h5-6H,1-4H2. The first-order chi connectivity index (χ1) is 5.92. The molecule has 76 valence electrons. The number of hydrogen-bond donors (Lipinski definition) is 0. The molecule has 1 fully saturated rings. The molecule has 0 heterocycles. The molecule has 1 nitrogen and oxygen atoms in total. The summed E-state index contributed by atoms with van der Waals surface area (Å²) in [6, 6.07) is 0. The maximum atomic E-state index is 13.4. The molecule has 1 saturated carbocycles. The fourth-order valence-electron chi connectivity index (χ4n) is 1.69. The Morgan fingerprint density at radius 1 is 1.31 bits per heavy atom. The van der Waals surface area contributed by atoms with Crippen LogP contribution in [0, 0.1) is 5.92 Å². The summed E-state index contributed by atoms with van der Waals surface area (Å²) in [5, 5.41) is 0.